The number of ether oxygens (including phenoxy) is 4. The number of aliphatic carboxylic acids is 1. The van der Waals surface area contributed by atoms with Crippen LogP contribution in [0.1, 0.15) is 98.8 Å². The van der Waals surface area contributed by atoms with E-state index in [9.17, 15) is 24.6 Å². The predicted molar refractivity (Wildman–Crippen MR) is 162 cm³/mol. The third-order valence-electron chi connectivity index (χ3n) is 12.4. The van der Waals surface area contributed by atoms with Crippen molar-refractivity contribution >= 4 is 18.2 Å². The van der Waals surface area contributed by atoms with E-state index in [0.717, 1.165) is 56.8 Å². The second-order valence-corrected chi connectivity index (χ2v) is 14.8. The van der Waals surface area contributed by atoms with Crippen molar-refractivity contribution in [2.75, 3.05) is 13.7 Å². The van der Waals surface area contributed by atoms with E-state index in [-0.39, 0.29) is 36.7 Å². The number of carboxylic acid groups (broad SMARTS) is 1. The molecule has 0 amide bonds. The van der Waals surface area contributed by atoms with Crippen LogP contribution < -0.4 is 0 Å². The van der Waals surface area contributed by atoms with Gasteiger partial charge in [0, 0.05) is 18.9 Å². The van der Waals surface area contributed by atoms with Crippen LogP contribution >= 0.6 is 0 Å². The molecule has 44 heavy (non-hydrogen) atoms. The molecule has 2 N–H and O–H groups in total. The molecule has 12 atom stereocenters. The van der Waals surface area contributed by atoms with Crippen LogP contribution in [0.25, 0.3) is 0 Å². The quantitative estimate of drug-likeness (QED) is 0.115. The van der Waals surface area contributed by atoms with Crippen LogP contribution in [0.2, 0.25) is 0 Å². The SMILES string of the molecule is CCCCCCCC(=O)O[C@H]1[C@H](O)[C@H](OC[C@@]23C[C@@H]4[C@H](C)CC[C@H]4[C@@]4(C=O)C[C@@H]2C=C(C(C)C)[C@@]34C(=O)O)O[C@H](C)[C@H]1OC. The molecule has 0 unspecified atom stereocenters. The maximum absolute atomic E-state index is 13.7. The molecule has 0 aromatic rings. The zero-order valence-corrected chi connectivity index (χ0v) is 27.5. The zero-order valence-electron chi connectivity index (χ0n) is 27.5. The van der Waals surface area contributed by atoms with Gasteiger partial charge in [0.1, 0.15) is 23.9 Å². The fourth-order valence-corrected chi connectivity index (χ4v) is 10.5. The predicted octanol–water partition coefficient (Wildman–Crippen LogP) is 5.32. The number of carbonyl (C=O) groups is 3. The molecule has 0 radical (unpaired) electrons. The minimum atomic E-state index is -1.38. The number of esters is 1. The Bertz CT molecular complexity index is 1120. The number of rotatable bonds is 14. The Labute approximate surface area is 262 Å². The van der Waals surface area contributed by atoms with E-state index in [1.165, 1.54) is 7.11 Å². The summed E-state index contributed by atoms with van der Waals surface area (Å²) >= 11 is 0. The van der Waals surface area contributed by atoms with Gasteiger partial charge in [-0.25, -0.2) is 0 Å². The van der Waals surface area contributed by atoms with Crippen molar-refractivity contribution in [1.29, 1.82) is 0 Å². The van der Waals surface area contributed by atoms with Gasteiger partial charge >= 0.3 is 11.9 Å². The van der Waals surface area contributed by atoms with E-state index in [2.05, 4.69) is 19.9 Å². The first kappa shape index (κ1) is 33.6. The highest BCUT2D eigenvalue weighted by Crippen LogP contribution is 2.82. The van der Waals surface area contributed by atoms with Crippen molar-refractivity contribution in [1.82, 2.24) is 0 Å². The summed E-state index contributed by atoms with van der Waals surface area (Å²) in [5, 5.41) is 22.7. The second kappa shape index (κ2) is 12.8. The molecule has 0 aromatic heterocycles. The van der Waals surface area contributed by atoms with Crippen LogP contribution in [0.15, 0.2) is 11.6 Å². The van der Waals surface area contributed by atoms with Gasteiger partial charge in [0.25, 0.3) is 0 Å². The van der Waals surface area contributed by atoms with Crippen molar-refractivity contribution in [3.63, 3.8) is 0 Å². The molecule has 1 saturated heterocycles. The number of aldehydes is 1. The first-order valence-corrected chi connectivity index (χ1v) is 17.0. The summed E-state index contributed by atoms with van der Waals surface area (Å²) in [5.74, 6) is -0.893. The number of aliphatic hydroxyl groups excluding tert-OH is 1. The van der Waals surface area contributed by atoms with E-state index in [0.29, 0.717) is 18.8 Å². The van der Waals surface area contributed by atoms with Crippen molar-refractivity contribution < 1.29 is 43.5 Å². The van der Waals surface area contributed by atoms with Crippen molar-refractivity contribution in [2.24, 2.45) is 45.8 Å². The molecule has 4 bridgehead atoms. The lowest BCUT2D eigenvalue weighted by molar-refractivity contribution is -0.309. The van der Waals surface area contributed by atoms with Crippen LogP contribution in [0, 0.1) is 45.8 Å². The molecule has 1 heterocycles. The summed E-state index contributed by atoms with van der Waals surface area (Å²) in [5.41, 5.74) is -2.40. The molecule has 9 heteroatoms. The largest absolute Gasteiger partial charge is 0.481 e. The van der Waals surface area contributed by atoms with Gasteiger partial charge in [0.15, 0.2) is 12.4 Å². The van der Waals surface area contributed by atoms with Crippen molar-refractivity contribution in [2.45, 2.75) is 130 Å². The molecule has 5 rings (SSSR count). The Morgan fingerprint density at radius 2 is 1.84 bits per heavy atom. The number of hydrogen-bond donors (Lipinski definition) is 2. The highest BCUT2D eigenvalue weighted by atomic mass is 16.7. The van der Waals surface area contributed by atoms with Crippen molar-refractivity contribution in [3.8, 4) is 0 Å². The average Bonchev–Trinajstić information content (AvgIpc) is 3.55. The Hall–Kier alpha value is -1.81. The fourth-order valence-electron chi connectivity index (χ4n) is 10.5. The van der Waals surface area contributed by atoms with Crippen LogP contribution in [0.5, 0.6) is 0 Å². The number of carbonyl (C=O) groups excluding carboxylic acids is 2. The summed E-state index contributed by atoms with van der Waals surface area (Å²) < 4.78 is 24.0. The number of aliphatic hydroxyl groups is 1. The van der Waals surface area contributed by atoms with E-state index < -0.39 is 58.9 Å². The Morgan fingerprint density at radius 3 is 2.48 bits per heavy atom. The average molecular weight is 619 g/mol. The zero-order chi connectivity index (χ0) is 32.0. The highest BCUT2D eigenvalue weighted by molar-refractivity contribution is 5.90. The van der Waals surface area contributed by atoms with Gasteiger partial charge in [0.05, 0.1) is 18.1 Å². The normalized spacial score (nSPS) is 44.0. The second-order valence-electron chi connectivity index (χ2n) is 14.8. The topological polar surface area (TPSA) is 129 Å². The highest BCUT2D eigenvalue weighted by Gasteiger charge is 2.84. The lowest BCUT2D eigenvalue weighted by Gasteiger charge is -2.58. The number of carboxylic acids is 1. The monoisotopic (exact) mass is 618 g/mol. The first-order chi connectivity index (χ1) is 20.9. The van der Waals surface area contributed by atoms with Gasteiger partial charge < -0.3 is 34.0 Å². The van der Waals surface area contributed by atoms with Gasteiger partial charge in [-0.15, -0.1) is 0 Å². The maximum Gasteiger partial charge on any atom is 0.315 e. The third-order valence-corrected chi connectivity index (χ3v) is 12.4. The number of unbranched alkanes of at least 4 members (excludes halogenated alkanes) is 4. The van der Waals surface area contributed by atoms with Crippen LogP contribution in [-0.2, 0) is 33.3 Å². The summed E-state index contributed by atoms with van der Waals surface area (Å²) in [6.45, 7) is 10.2. The lowest BCUT2D eigenvalue weighted by atomic mass is 9.43. The molecule has 3 saturated carbocycles. The molecule has 1 aliphatic heterocycles. The molecule has 248 valence electrons. The lowest BCUT2D eigenvalue weighted by Crippen LogP contribution is -2.64. The van der Waals surface area contributed by atoms with Gasteiger partial charge in [-0.1, -0.05) is 71.4 Å². The van der Waals surface area contributed by atoms with Crippen molar-refractivity contribution in [3.05, 3.63) is 11.6 Å². The molecule has 0 aromatic carbocycles. The summed E-state index contributed by atoms with van der Waals surface area (Å²) in [4.78, 5) is 39.8. The van der Waals surface area contributed by atoms with Gasteiger partial charge in [-0.2, -0.15) is 0 Å². The fraction of sp³-hybridized carbons (Fsp3) is 0.857. The van der Waals surface area contributed by atoms with E-state index in [4.69, 9.17) is 18.9 Å². The molecular weight excluding hydrogens is 564 g/mol. The molecule has 5 aliphatic rings. The first-order valence-electron chi connectivity index (χ1n) is 17.0. The van der Waals surface area contributed by atoms with E-state index >= 15 is 0 Å². The van der Waals surface area contributed by atoms with E-state index in [1.807, 2.05) is 13.8 Å². The standard InChI is InChI=1S/C35H54O9/c1-7-8-9-10-11-12-27(37)44-30-28(38)31(43-22(5)29(30)41-6)42-19-34-17-24-21(4)13-14-25(24)33(18-36)16-23(34)15-26(20(2)3)35(33,34)32(39)40/h15,18,20-25,28-31,38H,7-14,16-17,19H2,1-6H3,(H,39,40)/t21-,22-,23+,24-,25-,28+,29-,30+,31-,33+,34+,35+/m1/s1. The molecule has 4 fully saturated rings. The van der Waals surface area contributed by atoms with Crippen LogP contribution in [-0.4, -0.2) is 72.9 Å². The molecule has 0 spiro atoms. The van der Waals surface area contributed by atoms with E-state index in [1.54, 1.807) is 6.92 Å². The smallest absolute Gasteiger partial charge is 0.315 e. The summed E-state index contributed by atoms with van der Waals surface area (Å²) in [7, 11) is 1.50. The van der Waals surface area contributed by atoms with Gasteiger partial charge in [-0.05, 0) is 62.2 Å². The number of fused-ring (bicyclic) bond motifs is 2. The van der Waals surface area contributed by atoms with Gasteiger partial charge in [-0.3, -0.25) is 9.59 Å². The number of allylic oxidation sites excluding steroid dienone is 1. The third kappa shape index (κ3) is 4.82. The minimum absolute atomic E-state index is 0.0202. The molecule has 4 aliphatic carbocycles. The maximum atomic E-state index is 13.7. The Kier molecular flexibility index (Phi) is 9.73. The van der Waals surface area contributed by atoms with Crippen LogP contribution in [0.4, 0.5) is 0 Å². The minimum Gasteiger partial charge on any atom is -0.481 e. The molecule has 9 nitrogen and oxygen atoms in total. The molecular formula is C35H54O9. The van der Waals surface area contributed by atoms with Gasteiger partial charge in [0.2, 0.25) is 0 Å². The Morgan fingerprint density at radius 1 is 1.11 bits per heavy atom. The number of methoxy groups -OCH3 is 1. The van der Waals surface area contributed by atoms with Crippen LogP contribution in [0.3, 0.4) is 0 Å². The summed E-state index contributed by atoms with van der Waals surface area (Å²) in [6.07, 6.45) is 6.65. The number of hydrogen-bond acceptors (Lipinski definition) is 8. The Balaban J connectivity index is 1.41. The summed E-state index contributed by atoms with van der Waals surface area (Å²) in [6, 6.07) is 0.